The zero-order valence-corrected chi connectivity index (χ0v) is 20.3. The second-order valence-electron chi connectivity index (χ2n) is 9.44. The van der Waals surface area contributed by atoms with Crippen molar-refractivity contribution in [2.75, 3.05) is 14.2 Å². The quantitative estimate of drug-likeness (QED) is 0.521. The fourth-order valence-electron chi connectivity index (χ4n) is 6.09. The van der Waals surface area contributed by atoms with Crippen LogP contribution < -0.4 is 15.9 Å². The van der Waals surface area contributed by atoms with E-state index in [0.717, 1.165) is 18.6 Å². The highest BCUT2D eigenvalue weighted by molar-refractivity contribution is 6.96. The van der Waals surface area contributed by atoms with E-state index in [1.807, 2.05) is 7.11 Å². The van der Waals surface area contributed by atoms with Crippen molar-refractivity contribution in [1.29, 1.82) is 0 Å². The van der Waals surface area contributed by atoms with Gasteiger partial charge in [-0.1, -0.05) is 108 Å². The van der Waals surface area contributed by atoms with Crippen LogP contribution in [0.2, 0.25) is 0 Å². The number of rotatable bonds is 5. The number of fused-ring (bicyclic) bond motifs is 3. The van der Waals surface area contributed by atoms with Crippen LogP contribution in [0.3, 0.4) is 0 Å². The first kappa shape index (κ1) is 21.9. The second kappa shape index (κ2) is 9.24. The van der Waals surface area contributed by atoms with E-state index >= 15 is 0 Å². The molecule has 172 valence electrons. The molecule has 0 aromatic heterocycles. The maximum atomic E-state index is 6.19. The summed E-state index contributed by atoms with van der Waals surface area (Å²) in [6, 6.07) is 24.1. The van der Waals surface area contributed by atoms with Gasteiger partial charge in [-0.2, -0.15) is 0 Å². The summed E-state index contributed by atoms with van der Waals surface area (Å²) in [6.07, 6.45) is 15.3. The first-order chi connectivity index (χ1) is 17.3. The normalized spacial score (nSPS) is 20.7. The number of methoxy groups -OCH3 is 2. The largest absolute Gasteiger partial charge is 0.498 e. The molecule has 3 aliphatic carbocycles. The standard InChI is InChI=1S/C32H29BO2/c1-34-29-20-18-23-11-4-7-15-26(23)31(29)33(28-17-9-13-22-10-3-6-14-25(22)28)32-27-16-8-5-12-24(27)19-21-30(32)35-2/h3-18,21,24,29H,19-20H2,1-2H3. The molecule has 3 heteroatoms. The second-order valence-corrected chi connectivity index (χ2v) is 9.44. The van der Waals surface area contributed by atoms with E-state index in [4.69, 9.17) is 9.47 Å². The van der Waals surface area contributed by atoms with Gasteiger partial charge in [0.15, 0.2) is 0 Å². The third-order valence-electron chi connectivity index (χ3n) is 7.67. The minimum atomic E-state index is -0.0106. The first-order valence-electron chi connectivity index (χ1n) is 12.4. The molecule has 0 fully saturated rings. The highest BCUT2D eigenvalue weighted by atomic mass is 16.5. The lowest BCUT2D eigenvalue weighted by molar-refractivity contribution is 0.154. The van der Waals surface area contributed by atoms with Gasteiger partial charge >= 0.3 is 0 Å². The van der Waals surface area contributed by atoms with Crippen molar-refractivity contribution < 1.29 is 9.47 Å². The van der Waals surface area contributed by atoms with Crippen LogP contribution in [0.15, 0.2) is 114 Å². The molecule has 0 spiro atoms. The molecule has 0 saturated carbocycles. The average molecular weight is 456 g/mol. The van der Waals surface area contributed by atoms with E-state index in [9.17, 15) is 0 Å². The van der Waals surface area contributed by atoms with Gasteiger partial charge in [0.05, 0.1) is 13.2 Å². The molecule has 0 saturated heterocycles. The molecule has 0 aliphatic heterocycles. The molecular formula is C32H29BO2. The molecule has 3 aromatic rings. The molecule has 3 aromatic carbocycles. The van der Waals surface area contributed by atoms with Crippen LogP contribution in [-0.2, 0) is 9.47 Å². The lowest BCUT2D eigenvalue weighted by Crippen LogP contribution is -2.48. The van der Waals surface area contributed by atoms with Crippen molar-refractivity contribution >= 4 is 34.5 Å². The van der Waals surface area contributed by atoms with Gasteiger partial charge in [-0.25, -0.2) is 0 Å². The summed E-state index contributed by atoms with van der Waals surface area (Å²) in [5.41, 5.74) is 5.22. The Hall–Kier alpha value is -3.56. The Bertz CT molecular complexity index is 1530. The van der Waals surface area contributed by atoms with Crippen molar-refractivity contribution in [2.45, 2.75) is 18.9 Å². The van der Waals surface area contributed by atoms with Crippen molar-refractivity contribution in [3.8, 4) is 0 Å². The number of allylic oxidation sites excluding steroid dienone is 7. The SMILES string of the molecule is COC1=CCC2C=CC=CC2=C1B(C1=c2ccccc2=CCC1OC)c1cccc2ccccc12. The smallest absolute Gasteiger partial charge is 0.246 e. The summed E-state index contributed by atoms with van der Waals surface area (Å²) in [4.78, 5) is 0. The van der Waals surface area contributed by atoms with Crippen LogP contribution in [0.5, 0.6) is 0 Å². The minimum Gasteiger partial charge on any atom is -0.498 e. The Morgan fingerprint density at radius 3 is 2.54 bits per heavy atom. The fourth-order valence-corrected chi connectivity index (χ4v) is 6.09. The van der Waals surface area contributed by atoms with E-state index < -0.39 is 0 Å². The highest BCUT2D eigenvalue weighted by Gasteiger charge is 2.39. The highest BCUT2D eigenvalue weighted by Crippen LogP contribution is 2.38. The topological polar surface area (TPSA) is 18.5 Å². The van der Waals surface area contributed by atoms with Gasteiger partial charge in [0.1, 0.15) is 5.76 Å². The van der Waals surface area contributed by atoms with Crippen LogP contribution in [0.1, 0.15) is 12.8 Å². The minimum absolute atomic E-state index is 0.000972. The van der Waals surface area contributed by atoms with E-state index in [-0.39, 0.29) is 12.8 Å². The third-order valence-corrected chi connectivity index (χ3v) is 7.67. The zero-order chi connectivity index (χ0) is 23.8. The predicted octanol–water partition coefficient (Wildman–Crippen LogP) is 4.64. The van der Waals surface area contributed by atoms with Crippen LogP contribution in [0.4, 0.5) is 0 Å². The molecule has 0 N–H and O–H groups in total. The van der Waals surface area contributed by atoms with Gasteiger partial charge < -0.3 is 9.47 Å². The number of ether oxygens (including phenoxy) is 2. The number of hydrogen-bond donors (Lipinski definition) is 0. The molecule has 2 unspecified atom stereocenters. The molecule has 2 nitrogen and oxygen atoms in total. The molecule has 2 atom stereocenters. The Morgan fingerprint density at radius 1 is 0.829 bits per heavy atom. The van der Waals surface area contributed by atoms with Gasteiger partial charge in [-0.3, -0.25) is 0 Å². The molecule has 0 bridgehead atoms. The molecule has 35 heavy (non-hydrogen) atoms. The van der Waals surface area contributed by atoms with Gasteiger partial charge in [-0.05, 0) is 51.2 Å². The van der Waals surface area contributed by atoms with Crippen molar-refractivity contribution in [3.63, 3.8) is 0 Å². The van der Waals surface area contributed by atoms with Crippen molar-refractivity contribution in [2.24, 2.45) is 5.92 Å². The molecule has 0 amide bonds. The number of hydrogen-bond acceptors (Lipinski definition) is 2. The lowest BCUT2D eigenvalue weighted by atomic mass is 9.32. The van der Waals surface area contributed by atoms with Crippen LogP contribution >= 0.6 is 0 Å². The van der Waals surface area contributed by atoms with E-state index in [1.54, 1.807) is 7.11 Å². The monoisotopic (exact) mass is 456 g/mol. The Morgan fingerprint density at radius 2 is 1.66 bits per heavy atom. The summed E-state index contributed by atoms with van der Waals surface area (Å²) < 4.78 is 12.3. The molecule has 6 rings (SSSR count). The fraction of sp³-hybridized carbons (Fsp3) is 0.188. The first-order valence-corrected chi connectivity index (χ1v) is 12.4. The molecule has 0 radical (unpaired) electrons. The van der Waals surface area contributed by atoms with Gasteiger partial charge in [-0.15, -0.1) is 0 Å². The summed E-state index contributed by atoms with van der Waals surface area (Å²) in [6.45, 7) is 0.000972. The zero-order valence-electron chi connectivity index (χ0n) is 20.3. The van der Waals surface area contributed by atoms with Gasteiger partial charge in [0.25, 0.3) is 0 Å². The van der Waals surface area contributed by atoms with E-state index in [2.05, 4.69) is 103 Å². The maximum absolute atomic E-state index is 6.19. The summed E-state index contributed by atoms with van der Waals surface area (Å²) >= 11 is 0. The van der Waals surface area contributed by atoms with E-state index in [1.165, 1.54) is 43.2 Å². The summed E-state index contributed by atoms with van der Waals surface area (Å²) in [5, 5.41) is 5.07. The number of benzene rings is 3. The van der Waals surface area contributed by atoms with Crippen molar-refractivity contribution in [1.82, 2.24) is 0 Å². The summed E-state index contributed by atoms with van der Waals surface area (Å²) in [7, 11) is 3.64. The molecule has 0 heterocycles. The Kier molecular flexibility index (Phi) is 5.79. The van der Waals surface area contributed by atoms with Crippen LogP contribution in [-0.4, -0.2) is 27.0 Å². The summed E-state index contributed by atoms with van der Waals surface area (Å²) in [5.74, 6) is 1.34. The average Bonchev–Trinajstić information content (AvgIpc) is 2.93. The lowest BCUT2D eigenvalue weighted by Gasteiger charge is -2.34. The van der Waals surface area contributed by atoms with Crippen LogP contribution in [0.25, 0.3) is 22.3 Å². The van der Waals surface area contributed by atoms with Crippen molar-refractivity contribution in [3.05, 3.63) is 124 Å². The Labute approximate surface area is 207 Å². The predicted molar refractivity (Wildman–Crippen MR) is 147 cm³/mol. The van der Waals surface area contributed by atoms with Crippen LogP contribution in [0, 0.1) is 5.92 Å². The third kappa shape index (κ3) is 3.71. The van der Waals surface area contributed by atoms with E-state index in [0.29, 0.717) is 5.92 Å². The molecule has 3 aliphatic rings. The van der Waals surface area contributed by atoms with Gasteiger partial charge in [0, 0.05) is 13.0 Å². The Balaban J connectivity index is 1.75. The molecular weight excluding hydrogens is 427 g/mol. The maximum Gasteiger partial charge on any atom is 0.246 e. The van der Waals surface area contributed by atoms with Gasteiger partial charge in [0.2, 0.25) is 6.71 Å².